The van der Waals surface area contributed by atoms with Crippen LogP contribution in [-0.4, -0.2) is 26.6 Å². The normalized spacial score (nSPS) is 12.7. The molecule has 5 nitrogen and oxygen atoms in total. The average Bonchev–Trinajstić information content (AvgIpc) is 2.55. The number of carbonyl (C=O) groups is 1. The van der Waals surface area contributed by atoms with E-state index in [0.29, 0.717) is 23.7 Å². The first kappa shape index (κ1) is 19.5. The molecule has 1 amide bonds. The van der Waals surface area contributed by atoms with Gasteiger partial charge < -0.3 is 5.32 Å². The molecule has 23 heavy (non-hydrogen) atoms. The van der Waals surface area contributed by atoms with Gasteiger partial charge in [-0.3, -0.25) is 9.52 Å². The Bertz CT molecular complexity index is 582. The molecular formula is C17H28N2O3S. The Kier molecular flexibility index (Phi) is 8.09. The van der Waals surface area contributed by atoms with E-state index in [4.69, 9.17) is 0 Å². The van der Waals surface area contributed by atoms with Gasteiger partial charge in [0.1, 0.15) is 0 Å². The van der Waals surface area contributed by atoms with Crippen LogP contribution >= 0.6 is 0 Å². The lowest BCUT2D eigenvalue weighted by atomic mass is 9.99. The number of sulfonamides is 1. The number of nitrogens with one attached hydrogen (secondary N) is 2. The number of amides is 1. The van der Waals surface area contributed by atoms with Crippen molar-refractivity contribution < 1.29 is 13.2 Å². The van der Waals surface area contributed by atoms with Crippen LogP contribution in [0.4, 0.5) is 5.69 Å². The Labute approximate surface area is 139 Å². The van der Waals surface area contributed by atoms with Crippen molar-refractivity contribution in [1.29, 1.82) is 0 Å². The topological polar surface area (TPSA) is 75.3 Å². The van der Waals surface area contributed by atoms with Gasteiger partial charge in [0.25, 0.3) is 5.91 Å². The van der Waals surface area contributed by atoms with E-state index in [1.54, 1.807) is 31.2 Å². The van der Waals surface area contributed by atoms with Gasteiger partial charge in [-0.1, -0.05) is 33.1 Å². The van der Waals surface area contributed by atoms with Gasteiger partial charge in [-0.25, -0.2) is 8.42 Å². The molecule has 130 valence electrons. The van der Waals surface area contributed by atoms with E-state index in [1.807, 2.05) is 0 Å². The summed E-state index contributed by atoms with van der Waals surface area (Å²) in [5.41, 5.74) is 1.01. The number of hydrogen-bond acceptors (Lipinski definition) is 3. The summed E-state index contributed by atoms with van der Waals surface area (Å²) in [5.74, 6) is 0.408. The van der Waals surface area contributed by atoms with E-state index in [-0.39, 0.29) is 11.7 Å². The molecule has 1 aromatic carbocycles. The fraction of sp³-hybridized carbons (Fsp3) is 0.588. The van der Waals surface area contributed by atoms with Crippen LogP contribution in [0.15, 0.2) is 24.3 Å². The Morgan fingerprint density at radius 2 is 1.78 bits per heavy atom. The predicted molar refractivity (Wildman–Crippen MR) is 95.2 cm³/mol. The quantitative estimate of drug-likeness (QED) is 0.685. The maximum atomic E-state index is 12.1. The Morgan fingerprint density at radius 3 is 2.30 bits per heavy atom. The summed E-state index contributed by atoms with van der Waals surface area (Å²) in [6, 6.07) is 6.48. The molecule has 1 atom stereocenters. The Balaban J connectivity index is 2.57. The zero-order valence-corrected chi connectivity index (χ0v) is 15.1. The fourth-order valence-electron chi connectivity index (χ4n) is 2.22. The second kappa shape index (κ2) is 9.55. The van der Waals surface area contributed by atoms with Gasteiger partial charge in [0.05, 0.1) is 5.75 Å². The van der Waals surface area contributed by atoms with E-state index < -0.39 is 10.0 Å². The molecule has 1 rings (SSSR count). The van der Waals surface area contributed by atoms with Crippen molar-refractivity contribution >= 4 is 21.6 Å². The van der Waals surface area contributed by atoms with Gasteiger partial charge >= 0.3 is 0 Å². The zero-order chi connectivity index (χ0) is 17.3. The van der Waals surface area contributed by atoms with Crippen molar-refractivity contribution in [2.75, 3.05) is 17.0 Å². The number of hydrogen-bond donors (Lipinski definition) is 2. The molecule has 2 N–H and O–H groups in total. The highest BCUT2D eigenvalue weighted by Crippen LogP contribution is 2.13. The maximum absolute atomic E-state index is 12.1. The van der Waals surface area contributed by atoms with Gasteiger partial charge in [0, 0.05) is 17.8 Å². The monoisotopic (exact) mass is 340 g/mol. The van der Waals surface area contributed by atoms with E-state index in [2.05, 4.69) is 23.9 Å². The molecule has 0 saturated carbocycles. The molecule has 0 aromatic heterocycles. The molecule has 6 heteroatoms. The van der Waals surface area contributed by atoms with E-state index >= 15 is 0 Å². The lowest BCUT2D eigenvalue weighted by molar-refractivity contribution is 0.0946. The van der Waals surface area contributed by atoms with Gasteiger partial charge in [-0.15, -0.1) is 0 Å². The number of benzene rings is 1. The van der Waals surface area contributed by atoms with Gasteiger partial charge in [0.2, 0.25) is 10.0 Å². The molecule has 0 fully saturated rings. The highest BCUT2D eigenvalue weighted by Gasteiger charge is 2.11. The summed E-state index contributed by atoms with van der Waals surface area (Å²) >= 11 is 0. The summed E-state index contributed by atoms with van der Waals surface area (Å²) in [4.78, 5) is 12.1. The van der Waals surface area contributed by atoms with Crippen LogP contribution in [0.5, 0.6) is 0 Å². The van der Waals surface area contributed by atoms with Crippen molar-refractivity contribution in [2.24, 2.45) is 5.92 Å². The van der Waals surface area contributed by atoms with Crippen molar-refractivity contribution in [2.45, 2.75) is 46.5 Å². The first-order chi connectivity index (χ1) is 10.9. The molecule has 0 aliphatic rings. The summed E-state index contributed by atoms with van der Waals surface area (Å²) in [5, 5.41) is 2.96. The Morgan fingerprint density at radius 1 is 1.13 bits per heavy atom. The minimum absolute atomic E-state index is 0.0192. The van der Waals surface area contributed by atoms with Crippen molar-refractivity contribution in [3.63, 3.8) is 0 Å². The number of anilines is 1. The summed E-state index contributed by atoms with van der Waals surface area (Å²) < 4.78 is 25.4. The summed E-state index contributed by atoms with van der Waals surface area (Å²) in [7, 11) is -3.29. The van der Waals surface area contributed by atoms with Gasteiger partial charge in [-0.05, 0) is 43.5 Å². The zero-order valence-electron chi connectivity index (χ0n) is 14.3. The molecule has 0 aliphatic carbocycles. The molecule has 0 radical (unpaired) electrons. The number of unbranched alkanes of at least 4 members (excludes halogenated alkanes) is 1. The third-order valence-corrected chi connectivity index (χ3v) is 5.20. The molecular weight excluding hydrogens is 312 g/mol. The number of rotatable bonds is 10. The molecule has 0 spiro atoms. The van der Waals surface area contributed by atoms with Crippen LogP contribution in [0.2, 0.25) is 0 Å². The van der Waals surface area contributed by atoms with E-state index in [0.717, 1.165) is 12.8 Å². The van der Waals surface area contributed by atoms with Crippen LogP contribution in [-0.2, 0) is 10.0 Å². The molecule has 0 aliphatic heterocycles. The minimum atomic E-state index is -3.29. The van der Waals surface area contributed by atoms with Crippen LogP contribution in [0.25, 0.3) is 0 Å². The SMILES string of the molecule is CCCCC(CC)CNC(=O)c1ccc(NS(=O)(=O)CC)cc1. The molecule has 1 aromatic rings. The van der Waals surface area contributed by atoms with E-state index in [9.17, 15) is 13.2 Å². The highest BCUT2D eigenvalue weighted by atomic mass is 32.2. The summed E-state index contributed by atoms with van der Waals surface area (Å²) in [6.45, 7) is 6.56. The van der Waals surface area contributed by atoms with Crippen LogP contribution in [0.3, 0.4) is 0 Å². The molecule has 1 unspecified atom stereocenters. The predicted octanol–water partition coefficient (Wildman–Crippen LogP) is 3.39. The van der Waals surface area contributed by atoms with Crippen LogP contribution < -0.4 is 10.0 Å². The van der Waals surface area contributed by atoms with Crippen LogP contribution in [0.1, 0.15) is 56.8 Å². The second-order valence-electron chi connectivity index (χ2n) is 5.71. The van der Waals surface area contributed by atoms with Crippen molar-refractivity contribution in [3.05, 3.63) is 29.8 Å². The maximum Gasteiger partial charge on any atom is 0.251 e. The first-order valence-corrected chi connectivity index (χ1v) is 9.95. The third kappa shape index (κ3) is 7.03. The minimum Gasteiger partial charge on any atom is -0.352 e. The Hall–Kier alpha value is -1.56. The fourth-order valence-corrected chi connectivity index (χ4v) is 2.86. The van der Waals surface area contributed by atoms with Crippen LogP contribution in [0, 0.1) is 5.92 Å². The van der Waals surface area contributed by atoms with Crippen molar-refractivity contribution in [1.82, 2.24) is 5.32 Å². The van der Waals surface area contributed by atoms with Gasteiger partial charge in [0.15, 0.2) is 0 Å². The lowest BCUT2D eigenvalue weighted by Crippen LogP contribution is -2.29. The highest BCUT2D eigenvalue weighted by molar-refractivity contribution is 7.92. The molecule has 0 saturated heterocycles. The third-order valence-electron chi connectivity index (χ3n) is 3.90. The summed E-state index contributed by atoms with van der Waals surface area (Å²) in [6.07, 6.45) is 4.53. The number of carbonyl (C=O) groups excluding carboxylic acids is 1. The largest absolute Gasteiger partial charge is 0.352 e. The van der Waals surface area contributed by atoms with Gasteiger partial charge in [-0.2, -0.15) is 0 Å². The smallest absolute Gasteiger partial charge is 0.251 e. The second-order valence-corrected chi connectivity index (χ2v) is 7.72. The lowest BCUT2D eigenvalue weighted by Gasteiger charge is -2.15. The van der Waals surface area contributed by atoms with E-state index in [1.165, 1.54) is 12.8 Å². The molecule has 0 bridgehead atoms. The average molecular weight is 340 g/mol. The molecule has 0 heterocycles. The first-order valence-electron chi connectivity index (χ1n) is 8.30. The standard InChI is InChI=1S/C17H28N2O3S/c1-4-7-8-14(5-2)13-18-17(20)15-9-11-16(12-10-15)19-23(21,22)6-3/h9-12,14,19H,4-8,13H2,1-3H3,(H,18,20). The van der Waals surface area contributed by atoms with Crippen molar-refractivity contribution in [3.8, 4) is 0 Å².